The molecule has 2 aliphatic carbocycles. The smallest absolute Gasteiger partial charge is 0.334 e. The number of ether oxygens (including phenoxy) is 1. The number of aliphatic hydroxyl groups excluding tert-OH is 1. The maximum Gasteiger partial charge on any atom is 0.334 e. The van der Waals surface area contributed by atoms with Crippen LogP contribution in [0.5, 0.6) is 0 Å². The number of allylic oxidation sites excluding steroid dienone is 1. The number of rotatable bonds is 0. The van der Waals surface area contributed by atoms with Crippen LogP contribution in [0.15, 0.2) is 11.6 Å². The predicted molar refractivity (Wildman–Crippen MR) is 67.8 cm³/mol. The molecule has 3 aliphatic rings. The molecule has 1 N–H and O–H groups in total. The van der Waals surface area contributed by atoms with Crippen molar-refractivity contribution in [2.75, 3.05) is 6.61 Å². The first-order valence-electron chi connectivity index (χ1n) is 6.92. The van der Waals surface area contributed by atoms with Crippen LogP contribution in [0.4, 0.5) is 0 Å². The zero-order valence-electron chi connectivity index (χ0n) is 11.4. The molecule has 0 aromatic rings. The minimum atomic E-state index is -0.321. The Balaban J connectivity index is 2.08. The Labute approximate surface area is 108 Å². The van der Waals surface area contributed by atoms with Crippen LogP contribution in [0.2, 0.25) is 0 Å². The fourth-order valence-corrected chi connectivity index (χ4v) is 4.58. The van der Waals surface area contributed by atoms with Crippen LogP contribution in [0, 0.1) is 22.7 Å². The van der Waals surface area contributed by atoms with Crippen molar-refractivity contribution in [3.8, 4) is 0 Å². The van der Waals surface area contributed by atoms with E-state index in [2.05, 4.69) is 26.8 Å². The van der Waals surface area contributed by atoms with Gasteiger partial charge in [-0.1, -0.05) is 26.8 Å². The third-order valence-corrected chi connectivity index (χ3v) is 5.79. The number of esters is 1. The second-order valence-corrected chi connectivity index (χ2v) is 7.01. The van der Waals surface area contributed by atoms with Gasteiger partial charge in [0.2, 0.25) is 0 Å². The highest BCUT2D eigenvalue weighted by Gasteiger charge is 2.59. The minimum absolute atomic E-state index is 0.0818. The number of cyclic esters (lactones) is 1. The van der Waals surface area contributed by atoms with E-state index in [1.54, 1.807) is 0 Å². The lowest BCUT2D eigenvalue weighted by Crippen LogP contribution is -2.56. The van der Waals surface area contributed by atoms with E-state index in [1.165, 1.54) is 0 Å². The molecule has 1 saturated heterocycles. The summed E-state index contributed by atoms with van der Waals surface area (Å²) in [4.78, 5) is 11.7. The Morgan fingerprint density at radius 1 is 1.39 bits per heavy atom. The van der Waals surface area contributed by atoms with Crippen molar-refractivity contribution in [2.45, 2.75) is 46.1 Å². The van der Waals surface area contributed by atoms with Crippen LogP contribution in [0.1, 0.15) is 40.0 Å². The van der Waals surface area contributed by atoms with Crippen molar-refractivity contribution in [1.82, 2.24) is 0 Å². The van der Waals surface area contributed by atoms with Crippen molar-refractivity contribution in [3.63, 3.8) is 0 Å². The van der Waals surface area contributed by atoms with Gasteiger partial charge in [0.05, 0.1) is 12.7 Å². The summed E-state index contributed by atoms with van der Waals surface area (Å²) >= 11 is 0. The Morgan fingerprint density at radius 2 is 2.11 bits per heavy atom. The molecular formula is C15H22O3. The van der Waals surface area contributed by atoms with Gasteiger partial charge in [0, 0.05) is 16.9 Å². The average Bonchev–Trinajstić information content (AvgIpc) is 2.68. The predicted octanol–water partition coefficient (Wildman–Crippen LogP) is 2.29. The molecule has 3 heteroatoms. The summed E-state index contributed by atoms with van der Waals surface area (Å²) in [6, 6.07) is 0. The van der Waals surface area contributed by atoms with E-state index >= 15 is 0 Å². The van der Waals surface area contributed by atoms with Gasteiger partial charge >= 0.3 is 5.97 Å². The zero-order chi connectivity index (χ0) is 13.1. The van der Waals surface area contributed by atoms with Crippen molar-refractivity contribution in [1.29, 1.82) is 0 Å². The summed E-state index contributed by atoms with van der Waals surface area (Å²) in [5.74, 6) is 0.338. The lowest BCUT2D eigenvalue weighted by molar-refractivity contribution is -0.136. The highest BCUT2D eigenvalue weighted by molar-refractivity contribution is 5.91. The van der Waals surface area contributed by atoms with E-state index < -0.39 is 0 Å². The molecule has 4 atom stereocenters. The average molecular weight is 250 g/mol. The Bertz CT molecular complexity index is 423. The summed E-state index contributed by atoms with van der Waals surface area (Å²) in [7, 11) is 0. The molecule has 1 heterocycles. The fraction of sp³-hybridized carbons (Fsp3) is 0.800. The molecular weight excluding hydrogens is 228 g/mol. The SMILES string of the molecule is CC1(C)CC[C@H](O)[C@]2(C)[C@H]3COC(=O)C3=CC[C@@H]12. The monoisotopic (exact) mass is 250 g/mol. The lowest BCUT2D eigenvalue weighted by Gasteiger charge is -2.57. The van der Waals surface area contributed by atoms with Gasteiger partial charge in [-0.3, -0.25) is 0 Å². The van der Waals surface area contributed by atoms with Crippen LogP contribution >= 0.6 is 0 Å². The second-order valence-electron chi connectivity index (χ2n) is 7.01. The minimum Gasteiger partial charge on any atom is -0.462 e. The Hall–Kier alpha value is -0.830. The van der Waals surface area contributed by atoms with Gasteiger partial charge < -0.3 is 9.84 Å². The first-order chi connectivity index (χ1) is 8.37. The maximum absolute atomic E-state index is 11.7. The van der Waals surface area contributed by atoms with Gasteiger partial charge in [0.1, 0.15) is 0 Å². The highest BCUT2D eigenvalue weighted by atomic mass is 16.5. The van der Waals surface area contributed by atoms with Crippen molar-refractivity contribution in [2.24, 2.45) is 22.7 Å². The first-order valence-corrected chi connectivity index (χ1v) is 6.92. The summed E-state index contributed by atoms with van der Waals surface area (Å²) in [6.07, 6.45) is 4.52. The second kappa shape index (κ2) is 3.60. The van der Waals surface area contributed by atoms with Crippen LogP contribution in [-0.2, 0) is 9.53 Å². The highest BCUT2D eigenvalue weighted by Crippen LogP contribution is 2.60. The van der Waals surface area contributed by atoms with Gasteiger partial charge in [-0.05, 0) is 30.6 Å². The standard InChI is InChI=1S/C15H22O3/c1-14(2)7-6-12(16)15(3)10-8-18-13(17)9(10)4-5-11(14)15/h4,10-12,16H,5-8H2,1-3H3/t10-,11-,12-,15+/m0/s1. The fourth-order valence-electron chi connectivity index (χ4n) is 4.58. The van der Waals surface area contributed by atoms with Gasteiger partial charge in [0.15, 0.2) is 0 Å². The molecule has 0 unspecified atom stereocenters. The van der Waals surface area contributed by atoms with Crippen molar-refractivity contribution < 1.29 is 14.6 Å². The van der Waals surface area contributed by atoms with E-state index in [1.807, 2.05) is 0 Å². The summed E-state index contributed by atoms with van der Waals surface area (Å²) < 4.78 is 5.21. The van der Waals surface area contributed by atoms with Crippen LogP contribution in [0.3, 0.4) is 0 Å². The van der Waals surface area contributed by atoms with Crippen LogP contribution in [0.25, 0.3) is 0 Å². The van der Waals surface area contributed by atoms with E-state index in [-0.39, 0.29) is 28.8 Å². The zero-order valence-corrected chi connectivity index (χ0v) is 11.4. The Kier molecular flexibility index (Phi) is 2.44. The van der Waals surface area contributed by atoms with Crippen LogP contribution < -0.4 is 0 Å². The summed E-state index contributed by atoms with van der Waals surface area (Å²) in [5, 5.41) is 10.5. The third kappa shape index (κ3) is 1.37. The maximum atomic E-state index is 11.7. The molecule has 0 bridgehead atoms. The number of carbonyl (C=O) groups is 1. The quantitative estimate of drug-likeness (QED) is 0.671. The number of carbonyl (C=O) groups excluding carboxylic acids is 1. The molecule has 0 amide bonds. The molecule has 0 spiro atoms. The number of hydrogen-bond acceptors (Lipinski definition) is 3. The molecule has 3 nitrogen and oxygen atoms in total. The summed E-state index contributed by atoms with van der Waals surface area (Å²) in [5.41, 5.74) is 0.824. The third-order valence-electron chi connectivity index (χ3n) is 5.79. The summed E-state index contributed by atoms with van der Waals surface area (Å²) in [6.45, 7) is 7.18. The first kappa shape index (κ1) is 12.2. The molecule has 18 heavy (non-hydrogen) atoms. The molecule has 2 fully saturated rings. The van der Waals surface area contributed by atoms with E-state index in [4.69, 9.17) is 4.74 Å². The Morgan fingerprint density at radius 3 is 2.83 bits per heavy atom. The van der Waals surface area contributed by atoms with Gasteiger partial charge in [-0.15, -0.1) is 0 Å². The van der Waals surface area contributed by atoms with E-state index in [9.17, 15) is 9.90 Å². The van der Waals surface area contributed by atoms with E-state index in [0.717, 1.165) is 24.8 Å². The van der Waals surface area contributed by atoms with Gasteiger partial charge in [-0.25, -0.2) is 4.79 Å². The van der Waals surface area contributed by atoms with E-state index in [0.29, 0.717) is 12.5 Å². The molecule has 0 aromatic heterocycles. The molecule has 0 aromatic carbocycles. The molecule has 1 aliphatic heterocycles. The number of fused-ring (bicyclic) bond motifs is 3. The van der Waals surface area contributed by atoms with Crippen molar-refractivity contribution >= 4 is 5.97 Å². The number of aliphatic hydroxyl groups is 1. The van der Waals surface area contributed by atoms with Gasteiger partial charge in [0.25, 0.3) is 0 Å². The topological polar surface area (TPSA) is 46.5 Å². The molecule has 100 valence electrons. The van der Waals surface area contributed by atoms with Crippen molar-refractivity contribution in [3.05, 3.63) is 11.6 Å². The van der Waals surface area contributed by atoms with Gasteiger partial charge in [-0.2, -0.15) is 0 Å². The lowest BCUT2D eigenvalue weighted by atomic mass is 9.48. The normalized spacial score (nSPS) is 45.9. The molecule has 3 rings (SSSR count). The largest absolute Gasteiger partial charge is 0.462 e. The molecule has 0 radical (unpaired) electrons. The number of hydrogen-bond donors (Lipinski definition) is 1. The molecule has 1 saturated carbocycles. The van der Waals surface area contributed by atoms with Crippen LogP contribution in [-0.4, -0.2) is 23.8 Å².